The third kappa shape index (κ3) is 10.4. The molecule has 3 rings (SSSR count). The smallest absolute Gasteiger partial charge is 0.243 e. The van der Waals surface area contributed by atoms with E-state index in [0.29, 0.717) is 28.6 Å². The van der Waals surface area contributed by atoms with Gasteiger partial charge in [0, 0.05) is 30.1 Å². The summed E-state index contributed by atoms with van der Waals surface area (Å²) in [5.41, 5.74) is 2.78. The first-order chi connectivity index (χ1) is 20.1. The first kappa shape index (κ1) is 33.6. The third-order valence-electron chi connectivity index (χ3n) is 7.72. The van der Waals surface area contributed by atoms with Crippen molar-refractivity contribution in [1.82, 2.24) is 24.7 Å². The molecule has 0 aliphatic rings. The fraction of sp³-hybridized carbons (Fsp3) is 0.636. The molecule has 0 saturated carbocycles. The average Bonchev–Trinajstić information content (AvgIpc) is 3.50. The van der Waals surface area contributed by atoms with Gasteiger partial charge in [0.25, 0.3) is 0 Å². The number of nitrogens with zero attached hydrogens (tertiary/aromatic N) is 4. The lowest BCUT2D eigenvalue weighted by Gasteiger charge is -2.17. The molecule has 2 amide bonds. The van der Waals surface area contributed by atoms with Crippen molar-refractivity contribution in [2.24, 2.45) is 0 Å². The van der Waals surface area contributed by atoms with E-state index in [4.69, 9.17) is 11.6 Å². The lowest BCUT2D eigenvalue weighted by atomic mass is 9.92. The van der Waals surface area contributed by atoms with Gasteiger partial charge < -0.3 is 10.2 Å². The number of aromatic amines is 1. The largest absolute Gasteiger partial charge is 0.336 e. The van der Waals surface area contributed by atoms with E-state index in [2.05, 4.69) is 48.2 Å². The molecule has 2 heterocycles. The number of likely N-dealkylation sites (N-methyl/N-ethyl adjacent to an activating group) is 1. The Bertz CT molecular complexity index is 1260. The van der Waals surface area contributed by atoms with Crippen molar-refractivity contribution in [1.29, 1.82) is 0 Å². The molecule has 0 radical (unpaired) electrons. The Hall–Kier alpha value is -2.87. The highest BCUT2D eigenvalue weighted by atomic mass is 35.5. The summed E-state index contributed by atoms with van der Waals surface area (Å²) in [6.45, 7) is 8.52. The zero-order valence-electron chi connectivity index (χ0n) is 26.4. The van der Waals surface area contributed by atoms with Gasteiger partial charge in [-0.05, 0) is 30.7 Å². The molecular weight excluding hydrogens is 548 g/mol. The molecule has 1 aromatic carbocycles. The van der Waals surface area contributed by atoms with Gasteiger partial charge in [-0.3, -0.25) is 14.7 Å². The Kier molecular flexibility index (Phi) is 13.4. The number of benzene rings is 1. The third-order valence-corrected chi connectivity index (χ3v) is 8.08. The Balaban J connectivity index is 1.31. The number of amides is 2. The normalized spacial score (nSPS) is 11.8. The lowest BCUT2D eigenvalue weighted by molar-refractivity contribution is -0.133. The van der Waals surface area contributed by atoms with Crippen molar-refractivity contribution in [3.63, 3.8) is 0 Å². The van der Waals surface area contributed by atoms with Gasteiger partial charge in [-0.25, -0.2) is 4.98 Å². The Morgan fingerprint density at radius 2 is 1.45 bits per heavy atom. The molecule has 0 aliphatic carbocycles. The Labute approximate surface area is 257 Å². The van der Waals surface area contributed by atoms with Crippen LogP contribution in [0.3, 0.4) is 0 Å². The van der Waals surface area contributed by atoms with Crippen LogP contribution >= 0.6 is 11.6 Å². The zero-order valence-corrected chi connectivity index (χ0v) is 27.2. The van der Waals surface area contributed by atoms with Gasteiger partial charge in [-0.1, -0.05) is 116 Å². The van der Waals surface area contributed by atoms with E-state index >= 15 is 0 Å². The first-order valence-corrected chi connectivity index (χ1v) is 16.3. The quantitative estimate of drug-likeness (QED) is 0.143. The van der Waals surface area contributed by atoms with Gasteiger partial charge in [0.05, 0.1) is 12.2 Å². The molecule has 8 nitrogen and oxygen atoms in total. The van der Waals surface area contributed by atoms with Crippen LogP contribution in [0.15, 0.2) is 24.3 Å². The number of hydrogen-bond donors (Lipinski definition) is 2. The van der Waals surface area contributed by atoms with Gasteiger partial charge in [0.2, 0.25) is 11.8 Å². The van der Waals surface area contributed by atoms with E-state index in [1.165, 1.54) is 75.5 Å². The molecule has 0 aliphatic heterocycles. The second-order valence-corrected chi connectivity index (χ2v) is 13.0. The molecule has 232 valence electrons. The summed E-state index contributed by atoms with van der Waals surface area (Å²) in [5.74, 6) is 0.331. The van der Waals surface area contributed by atoms with Crippen LogP contribution < -0.4 is 5.32 Å². The predicted octanol–water partition coefficient (Wildman–Crippen LogP) is 8.55. The number of unbranched alkanes of at least 4 members (excludes halogenated alkanes) is 12. The predicted molar refractivity (Wildman–Crippen MR) is 173 cm³/mol. The van der Waals surface area contributed by atoms with Crippen LogP contribution in [0, 0.1) is 0 Å². The SMILES string of the molecule is CCCCCCCCCCCCCCCC(=O)N(C)CC(=O)Nc1ccc(-c2nc3c(Cl)c(C(C)(C)C)[nH]n3n2)cc1. The highest BCUT2D eigenvalue weighted by Gasteiger charge is 2.24. The van der Waals surface area contributed by atoms with E-state index in [1.54, 1.807) is 23.8 Å². The van der Waals surface area contributed by atoms with Gasteiger partial charge in [0.15, 0.2) is 11.5 Å². The highest BCUT2D eigenvalue weighted by Crippen LogP contribution is 2.32. The minimum Gasteiger partial charge on any atom is -0.336 e. The van der Waals surface area contributed by atoms with Crippen LogP contribution in [0.5, 0.6) is 0 Å². The molecule has 0 fully saturated rings. The molecule has 2 aromatic heterocycles. The molecule has 0 unspecified atom stereocenters. The van der Waals surface area contributed by atoms with Crippen molar-refractivity contribution < 1.29 is 9.59 Å². The van der Waals surface area contributed by atoms with Crippen LogP contribution in [-0.4, -0.2) is 50.1 Å². The molecule has 0 bridgehead atoms. The van der Waals surface area contributed by atoms with Crippen molar-refractivity contribution in [3.05, 3.63) is 35.0 Å². The highest BCUT2D eigenvalue weighted by molar-refractivity contribution is 6.34. The summed E-state index contributed by atoms with van der Waals surface area (Å²) in [6, 6.07) is 7.32. The number of hydrogen-bond acceptors (Lipinski definition) is 4. The van der Waals surface area contributed by atoms with Gasteiger partial charge in [-0.2, -0.15) is 4.63 Å². The average molecular weight is 599 g/mol. The van der Waals surface area contributed by atoms with Gasteiger partial charge in [0.1, 0.15) is 5.02 Å². The first-order valence-electron chi connectivity index (χ1n) is 15.9. The summed E-state index contributed by atoms with van der Waals surface area (Å²) in [7, 11) is 1.69. The Morgan fingerprint density at radius 1 is 0.905 bits per heavy atom. The van der Waals surface area contributed by atoms with E-state index in [1.807, 2.05) is 12.1 Å². The monoisotopic (exact) mass is 598 g/mol. The topological polar surface area (TPSA) is 95.4 Å². The van der Waals surface area contributed by atoms with E-state index < -0.39 is 0 Å². The van der Waals surface area contributed by atoms with E-state index in [0.717, 1.165) is 24.1 Å². The van der Waals surface area contributed by atoms with Crippen LogP contribution in [0.4, 0.5) is 5.69 Å². The molecule has 3 aromatic rings. The fourth-order valence-corrected chi connectivity index (χ4v) is 5.56. The van der Waals surface area contributed by atoms with E-state index in [9.17, 15) is 9.59 Å². The maximum atomic E-state index is 12.6. The van der Waals surface area contributed by atoms with Crippen molar-refractivity contribution in [2.75, 3.05) is 18.9 Å². The number of halogens is 1. The van der Waals surface area contributed by atoms with Crippen LogP contribution in [-0.2, 0) is 15.0 Å². The lowest BCUT2D eigenvalue weighted by Crippen LogP contribution is -2.34. The molecule has 2 N–H and O–H groups in total. The molecule has 42 heavy (non-hydrogen) atoms. The van der Waals surface area contributed by atoms with Gasteiger partial charge >= 0.3 is 0 Å². The molecular formula is C33H51ClN6O2. The number of anilines is 1. The summed E-state index contributed by atoms with van der Waals surface area (Å²) in [4.78, 5) is 31.2. The summed E-state index contributed by atoms with van der Waals surface area (Å²) >= 11 is 6.54. The van der Waals surface area contributed by atoms with Crippen LogP contribution in [0.2, 0.25) is 5.02 Å². The number of aromatic nitrogens is 4. The molecule has 0 spiro atoms. The molecule has 0 atom stereocenters. The number of fused-ring (bicyclic) bond motifs is 1. The van der Waals surface area contributed by atoms with Crippen LogP contribution in [0.1, 0.15) is 123 Å². The maximum Gasteiger partial charge on any atom is 0.243 e. The standard InChI is InChI=1S/C33H51ClN6O2/c1-6-7-8-9-10-11-12-13-14-15-16-17-18-19-28(42)39(5)24-27(41)35-26-22-20-25(21-23-26)31-36-32-29(34)30(33(2,3)4)37-40(32)38-31/h20-23,37H,6-19,24H2,1-5H3,(H,35,41). The van der Waals surface area contributed by atoms with Gasteiger partial charge in [-0.15, -0.1) is 5.10 Å². The zero-order chi connectivity index (χ0) is 30.5. The minimum atomic E-state index is -0.223. The van der Waals surface area contributed by atoms with Crippen molar-refractivity contribution in [2.45, 2.75) is 123 Å². The van der Waals surface area contributed by atoms with Crippen molar-refractivity contribution in [3.8, 4) is 11.4 Å². The summed E-state index contributed by atoms with van der Waals surface area (Å²) < 4.78 is 1.60. The number of carbonyl (C=O) groups is 2. The Morgan fingerprint density at radius 3 is 1.98 bits per heavy atom. The van der Waals surface area contributed by atoms with Crippen LogP contribution in [0.25, 0.3) is 17.0 Å². The number of rotatable bonds is 18. The minimum absolute atomic E-state index is 0.0124. The number of H-pyrrole nitrogens is 1. The van der Waals surface area contributed by atoms with Crippen molar-refractivity contribution >= 4 is 34.7 Å². The number of carbonyl (C=O) groups excluding carboxylic acids is 2. The second kappa shape index (κ2) is 16.7. The van der Waals surface area contributed by atoms with E-state index in [-0.39, 0.29) is 23.8 Å². The summed E-state index contributed by atoms with van der Waals surface area (Å²) in [6.07, 6.45) is 17.1. The molecule has 9 heteroatoms. The molecule has 0 saturated heterocycles. The summed E-state index contributed by atoms with van der Waals surface area (Å²) in [5, 5.41) is 11.2. The number of nitrogens with one attached hydrogen (secondary N) is 2. The fourth-order valence-electron chi connectivity index (χ4n) is 5.11. The maximum absolute atomic E-state index is 12.6. The second-order valence-electron chi connectivity index (χ2n) is 12.6.